The van der Waals surface area contributed by atoms with E-state index in [1.165, 1.54) is 25.6 Å². The molecule has 0 bridgehead atoms. The second-order valence-corrected chi connectivity index (χ2v) is 4.58. The molecule has 1 fully saturated rings. The smallest absolute Gasteiger partial charge is 0.319 e. The molecule has 0 unspecified atom stereocenters. The summed E-state index contributed by atoms with van der Waals surface area (Å²) in [6.45, 7) is 2.54. The monoisotopic (exact) mass is 279 g/mol. The molecule has 0 spiro atoms. The second kappa shape index (κ2) is 6.33. The van der Waals surface area contributed by atoms with Crippen LogP contribution in [0.2, 0.25) is 0 Å². The number of pyridine rings is 1. The highest BCUT2D eigenvalue weighted by Gasteiger charge is 2.23. The Balaban J connectivity index is 1.90. The Morgan fingerprint density at radius 2 is 2.00 bits per heavy atom. The minimum absolute atomic E-state index is 0.0276. The van der Waals surface area contributed by atoms with Crippen LogP contribution in [0.25, 0.3) is 0 Å². The van der Waals surface area contributed by atoms with E-state index in [0.29, 0.717) is 31.7 Å². The van der Waals surface area contributed by atoms with Crippen molar-refractivity contribution in [2.24, 2.45) is 0 Å². The fraction of sp³-hybridized carbons (Fsp3) is 0.462. The number of carbonyl (C=O) groups excluding carboxylic acids is 2. The molecule has 2 heterocycles. The Labute approximate surface area is 116 Å². The lowest BCUT2D eigenvalue weighted by molar-refractivity contribution is -0.142. The zero-order valence-corrected chi connectivity index (χ0v) is 11.3. The third kappa shape index (κ3) is 3.45. The predicted molar refractivity (Wildman–Crippen MR) is 70.3 cm³/mol. The van der Waals surface area contributed by atoms with Gasteiger partial charge in [0, 0.05) is 32.4 Å². The Bertz CT molecular complexity index is 498. The molecule has 20 heavy (non-hydrogen) atoms. The molecule has 108 valence electrons. The van der Waals surface area contributed by atoms with Crippen LogP contribution in [-0.4, -0.2) is 71.6 Å². The highest BCUT2D eigenvalue weighted by atomic mass is 16.5. The summed E-state index contributed by atoms with van der Waals surface area (Å²) < 4.78 is 4.61. The number of aromatic nitrogens is 1. The molecule has 1 aliphatic rings. The summed E-state index contributed by atoms with van der Waals surface area (Å²) in [5.74, 6) is -0.465. The third-order valence-electron chi connectivity index (χ3n) is 3.21. The van der Waals surface area contributed by atoms with E-state index < -0.39 is 0 Å². The number of hydrogen-bond acceptors (Lipinski definition) is 6. The van der Waals surface area contributed by atoms with E-state index in [2.05, 4.69) is 9.72 Å². The van der Waals surface area contributed by atoms with Crippen molar-refractivity contribution in [3.8, 4) is 5.75 Å². The summed E-state index contributed by atoms with van der Waals surface area (Å²) in [5.41, 5.74) is 0.367. The Morgan fingerprint density at radius 3 is 2.60 bits per heavy atom. The molecule has 1 aromatic rings. The molecule has 7 nitrogen and oxygen atoms in total. The van der Waals surface area contributed by atoms with Crippen LogP contribution in [0.15, 0.2) is 18.5 Å². The molecule has 2 rings (SSSR count). The molecular formula is C13H17N3O4. The van der Waals surface area contributed by atoms with Gasteiger partial charge in [-0.3, -0.25) is 19.5 Å². The first kappa shape index (κ1) is 14.3. The molecule has 1 saturated heterocycles. The summed E-state index contributed by atoms with van der Waals surface area (Å²) in [5, 5.41) is 9.34. The Hall–Kier alpha value is -2.15. The van der Waals surface area contributed by atoms with Crippen molar-refractivity contribution in [2.45, 2.75) is 0 Å². The number of aromatic hydroxyl groups is 1. The summed E-state index contributed by atoms with van der Waals surface area (Å²) in [6.07, 6.45) is 2.72. The van der Waals surface area contributed by atoms with Crippen LogP contribution in [0, 0.1) is 0 Å². The van der Waals surface area contributed by atoms with Crippen LogP contribution in [0.1, 0.15) is 10.4 Å². The average molecular weight is 279 g/mol. The van der Waals surface area contributed by atoms with Crippen LogP contribution in [0.4, 0.5) is 0 Å². The first-order valence-corrected chi connectivity index (χ1v) is 6.32. The number of rotatable bonds is 3. The molecule has 0 radical (unpaired) electrons. The van der Waals surface area contributed by atoms with Gasteiger partial charge in [0.15, 0.2) is 0 Å². The number of ether oxygens (including phenoxy) is 1. The van der Waals surface area contributed by atoms with Gasteiger partial charge in [0.05, 0.1) is 25.4 Å². The molecular weight excluding hydrogens is 262 g/mol. The average Bonchev–Trinajstić information content (AvgIpc) is 2.47. The molecule has 0 atom stereocenters. The van der Waals surface area contributed by atoms with Gasteiger partial charge in [-0.05, 0) is 6.07 Å². The van der Waals surface area contributed by atoms with Crippen LogP contribution in [0.5, 0.6) is 5.75 Å². The van der Waals surface area contributed by atoms with Gasteiger partial charge in [0.25, 0.3) is 5.91 Å². The molecule has 1 aliphatic heterocycles. The number of carbonyl (C=O) groups is 2. The normalized spacial score (nSPS) is 15.9. The number of piperazine rings is 1. The molecule has 0 aliphatic carbocycles. The Morgan fingerprint density at radius 1 is 1.30 bits per heavy atom. The number of hydrogen-bond donors (Lipinski definition) is 1. The maximum Gasteiger partial charge on any atom is 0.319 e. The minimum atomic E-state index is -0.276. The lowest BCUT2D eigenvalue weighted by Gasteiger charge is -2.34. The van der Waals surface area contributed by atoms with Gasteiger partial charge < -0.3 is 14.7 Å². The molecule has 7 heteroatoms. The molecule has 0 aromatic carbocycles. The van der Waals surface area contributed by atoms with Crippen LogP contribution < -0.4 is 0 Å². The predicted octanol–water partition coefficient (Wildman–Crippen LogP) is -0.282. The highest BCUT2D eigenvalue weighted by molar-refractivity contribution is 5.94. The fourth-order valence-electron chi connectivity index (χ4n) is 2.08. The van der Waals surface area contributed by atoms with Crippen LogP contribution >= 0.6 is 0 Å². The van der Waals surface area contributed by atoms with Crippen molar-refractivity contribution < 1.29 is 19.4 Å². The Kier molecular flexibility index (Phi) is 4.52. The van der Waals surface area contributed by atoms with Crippen molar-refractivity contribution >= 4 is 11.9 Å². The van der Waals surface area contributed by atoms with Crippen LogP contribution in [0.3, 0.4) is 0 Å². The van der Waals surface area contributed by atoms with E-state index in [9.17, 15) is 14.7 Å². The highest BCUT2D eigenvalue weighted by Crippen LogP contribution is 2.12. The topological polar surface area (TPSA) is 83.0 Å². The fourth-order valence-corrected chi connectivity index (χ4v) is 2.08. The number of methoxy groups -OCH3 is 1. The second-order valence-electron chi connectivity index (χ2n) is 4.58. The van der Waals surface area contributed by atoms with Gasteiger partial charge in [0.1, 0.15) is 5.75 Å². The summed E-state index contributed by atoms with van der Waals surface area (Å²) in [6, 6.07) is 1.40. The van der Waals surface area contributed by atoms with Crippen molar-refractivity contribution in [3.05, 3.63) is 24.0 Å². The maximum atomic E-state index is 12.2. The number of nitrogens with zero attached hydrogens (tertiary/aromatic N) is 3. The standard InChI is InChI=1S/C13H17N3O4/c1-20-12(18)9-15-2-4-16(5-3-15)13(19)10-6-11(17)8-14-7-10/h6-8,17H,2-5,9H2,1H3. The lowest BCUT2D eigenvalue weighted by atomic mass is 10.2. The van der Waals surface area contributed by atoms with E-state index in [1.807, 2.05) is 4.90 Å². The molecule has 1 amide bonds. The lowest BCUT2D eigenvalue weighted by Crippen LogP contribution is -2.50. The minimum Gasteiger partial charge on any atom is -0.506 e. The van der Waals surface area contributed by atoms with E-state index in [-0.39, 0.29) is 24.2 Å². The summed E-state index contributed by atoms with van der Waals surface area (Å²) in [7, 11) is 1.36. The first-order chi connectivity index (χ1) is 9.60. The number of amides is 1. The molecule has 1 N–H and O–H groups in total. The van der Waals surface area contributed by atoms with E-state index in [0.717, 1.165) is 0 Å². The maximum absolute atomic E-state index is 12.2. The first-order valence-electron chi connectivity index (χ1n) is 6.32. The largest absolute Gasteiger partial charge is 0.506 e. The van der Waals surface area contributed by atoms with Gasteiger partial charge in [-0.2, -0.15) is 0 Å². The van der Waals surface area contributed by atoms with Gasteiger partial charge >= 0.3 is 5.97 Å². The third-order valence-corrected chi connectivity index (χ3v) is 3.21. The van der Waals surface area contributed by atoms with E-state index in [4.69, 9.17) is 0 Å². The van der Waals surface area contributed by atoms with Gasteiger partial charge in [0.2, 0.25) is 0 Å². The summed E-state index contributed by atoms with van der Waals surface area (Å²) >= 11 is 0. The van der Waals surface area contributed by atoms with E-state index in [1.54, 1.807) is 4.90 Å². The van der Waals surface area contributed by atoms with Gasteiger partial charge in [-0.15, -0.1) is 0 Å². The number of esters is 1. The van der Waals surface area contributed by atoms with Crippen molar-refractivity contribution in [1.82, 2.24) is 14.8 Å². The van der Waals surface area contributed by atoms with E-state index >= 15 is 0 Å². The van der Waals surface area contributed by atoms with Crippen molar-refractivity contribution in [2.75, 3.05) is 39.8 Å². The SMILES string of the molecule is COC(=O)CN1CCN(C(=O)c2cncc(O)c2)CC1. The van der Waals surface area contributed by atoms with Crippen molar-refractivity contribution in [1.29, 1.82) is 0 Å². The van der Waals surface area contributed by atoms with Crippen LogP contribution in [-0.2, 0) is 9.53 Å². The zero-order valence-electron chi connectivity index (χ0n) is 11.3. The van der Waals surface area contributed by atoms with Crippen molar-refractivity contribution in [3.63, 3.8) is 0 Å². The van der Waals surface area contributed by atoms with Gasteiger partial charge in [-0.1, -0.05) is 0 Å². The molecule has 1 aromatic heterocycles. The summed E-state index contributed by atoms with van der Waals surface area (Å²) in [4.78, 5) is 30.8. The quantitative estimate of drug-likeness (QED) is 0.766. The van der Waals surface area contributed by atoms with Gasteiger partial charge in [-0.25, -0.2) is 0 Å². The molecule has 0 saturated carbocycles. The zero-order chi connectivity index (χ0) is 14.5.